The summed E-state index contributed by atoms with van der Waals surface area (Å²) in [6, 6.07) is 10.5. The largest absolute Gasteiger partial charge is 0.310 e. The van der Waals surface area contributed by atoms with E-state index >= 15 is 0 Å². The highest BCUT2D eigenvalue weighted by Crippen LogP contribution is 1.96. The van der Waals surface area contributed by atoms with Gasteiger partial charge in [0.2, 0.25) is 0 Å². The molecule has 0 saturated carbocycles. The molecule has 0 spiro atoms. The lowest BCUT2D eigenvalue weighted by Gasteiger charge is -1.89. The van der Waals surface area contributed by atoms with Crippen molar-refractivity contribution in [3.63, 3.8) is 0 Å². The third kappa shape index (κ3) is 11.2. The zero-order chi connectivity index (χ0) is 14.2. The maximum atomic E-state index is 3.79. The van der Waals surface area contributed by atoms with Gasteiger partial charge in [-0.3, -0.25) is 0 Å². The molecule has 2 rings (SSSR count). The lowest BCUT2D eigenvalue weighted by molar-refractivity contribution is 0.710. The van der Waals surface area contributed by atoms with Gasteiger partial charge in [-0.25, -0.2) is 0 Å². The Hall–Kier alpha value is -1.31. The van der Waals surface area contributed by atoms with Gasteiger partial charge in [0.05, 0.1) is 0 Å². The maximum Gasteiger partial charge on any atom is 0.0405 e. The first-order valence-electron chi connectivity index (χ1n) is 7.13. The van der Waals surface area contributed by atoms with Gasteiger partial charge >= 0.3 is 0 Å². The summed E-state index contributed by atoms with van der Waals surface area (Å²) in [5.74, 6) is 0.644. The van der Waals surface area contributed by atoms with E-state index in [1.807, 2.05) is 40.0 Å². The predicted molar refractivity (Wildman–Crippen MR) is 84.2 cm³/mol. The van der Waals surface area contributed by atoms with Crippen LogP contribution in [0.1, 0.15) is 47.1 Å². The van der Waals surface area contributed by atoms with Gasteiger partial charge in [-0.15, -0.1) is 0 Å². The highest BCUT2D eigenvalue weighted by atomic mass is 15.3. The average molecular weight is 250 g/mol. The third-order valence-corrected chi connectivity index (χ3v) is 2.08. The summed E-state index contributed by atoms with van der Waals surface area (Å²) in [6.07, 6.45) is 3.06. The average Bonchev–Trinajstić information content (AvgIpc) is 2.96. The molecule has 104 valence electrons. The van der Waals surface area contributed by atoms with E-state index in [4.69, 9.17) is 0 Å². The van der Waals surface area contributed by atoms with Crippen LogP contribution in [0, 0.1) is 5.92 Å². The van der Waals surface area contributed by atoms with Gasteiger partial charge in [-0.1, -0.05) is 71.9 Å². The molecule has 1 aliphatic rings. The Labute approximate surface area is 114 Å². The summed E-state index contributed by atoms with van der Waals surface area (Å²) in [7, 11) is 0. The molecular weight excluding hydrogens is 220 g/mol. The van der Waals surface area contributed by atoms with Crippen molar-refractivity contribution in [2.75, 3.05) is 6.54 Å². The standard InChI is InChI=1S/C8H10.C4H8N2.2C2H6/c1-2-8-6-4-3-5-7-8;1-4-2-5-6-3-4;2*1-2/h3-7H,2H2,1H3;2,4,6H,3H2,1H3;2*1-2H3. The quantitative estimate of drug-likeness (QED) is 0.779. The molecule has 0 saturated heterocycles. The predicted octanol–water partition coefficient (Wildman–Crippen LogP) is 4.51. The molecule has 1 N–H and O–H groups in total. The fourth-order valence-corrected chi connectivity index (χ4v) is 1.14. The van der Waals surface area contributed by atoms with Crippen LogP contribution in [0.3, 0.4) is 0 Å². The molecule has 0 aromatic heterocycles. The molecule has 2 heteroatoms. The lowest BCUT2D eigenvalue weighted by atomic mass is 10.2. The number of nitrogens with one attached hydrogen (secondary N) is 1. The minimum Gasteiger partial charge on any atom is -0.310 e. The topological polar surface area (TPSA) is 24.4 Å². The van der Waals surface area contributed by atoms with Crippen molar-refractivity contribution in [3.8, 4) is 0 Å². The Balaban J connectivity index is 0. The van der Waals surface area contributed by atoms with Crippen LogP contribution in [0.25, 0.3) is 0 Å². The Bertz CT molecular complexity index is 268. The van der Waals surface area contributed by atoms with E-state index in [9.17, 15) is 0 Å². The van der Waals surface area contributed by atoms with Crippen LogP contribution in [0.2, 0.25) is 0 Å². The van der Waals surface area contributed by atoms with Crippen LogP contribution >= 0.6 is 0 Å². The molecule has 18 heavy (non-hydrogen) atoms. The van der Waals surface area contributed by atoms with Crippen molar-refractivity contribution in [1.29, 1.82) is 0 Å². The van der Waals surface area contributed by atoms with E-state index in [2.05, 4.69) is 48.6 Å². The van der Waals surface area contributed by atoms with Gasteiger partial charge in [0.25, 0.3) is 0 Å². The van der Waals surface area contributed by atoms with Gasteiger partial charge < -0.3 is 5.43 Å². The fraction of sp³-hybridized carbons (Fsp3) is 0.562. The monoisotopic (exact) mass is 250 g/mol. The SMILES string of the molecule is CC.CC.CC1C=NNC1.CCc1ccccc1. The van der Waals surface area contributed by atoms with Crippen LogP contribution in [-0.2, 0) is 6.42 Å². The smallest absolute Gasteiger partial charge is 0.0405 e. The zero-order valence-electron chi connectivity index (χ0n) is 12.9. The highest BCUT2D eigenvalue weighted by molar-refractivity contribution is 5.61. The van der Waals surface area contributed by atoms with Crippen LogP contribution in [0.5, 0.6) is 0 Å². The second-order valence-electron chi connectivity index (χ2n) is 3.46. The van der Waals surface area contributed by atoms with Crippen molar-refractivity contribution in [2.45, 2.75) is 48.0 Å². The third-order valence-electron chi connectivity index (χ3n) is 2.08. The minimum absolute atomic E-state index is 0.644. The Morgan fingerprint density at radius 3 is 1.89 bits per heavy atom. The molecule has 0 fully saturated rings. The molecule has 0 radical (unpaired) electrons. The molecule has 1 heterocycles. The van der Waals surface area contributed by atoms with Crippen molar-refractivity contribution in [1.82, 2.24) is 5.43 Å². The van der Waals surface area contributed by atoms with E-state index in [1.54, 1.807) is 0 Å². The Morgan fingerprint density at radius 2 is 1.67 bits per heavy atom. The number of nitrogens with zero attached hydrogens (tertiary/aromatic N) is 1. The van der Waals surface area contributed by atoms with E-state index in [1.165, 1.54) is 5.56 Å². The Kier molecular flexibility index (Phi) is 16.6. The molecule has 1 aromatic carbocycles. The first-order chi connectivity index (χ1) is 8.83. The summed E-state index contributed by atoms with van der Waals surface area (Å²) in [4.78, 5) is 0. The molecule has 1 atom stereocenters. The number of aryl methyl sites for hydroxylation is 1. The number of rotatable bonds is 1. The summed E-state index contributed by atoms with van der Waals surface area (Å²) < 4.78 is 0. The number of hydrogen-bond donors (Lipinski definition) is 1. The normalized spacial score (nSPS) is 14.9. The van der Waals surface area contributed by atoms with Gasteiger partial charge in [-0.2, -0.15) is 5.10 Å². The zero-order valence-corrected chi connectivity index (χ0v) is 12.9. The fourth-order valence-electron chi connectivity index (χ4n) is 1.14. The summed E-state index contributed by atoms with van der Waals surface area (Å²) in [5, 5.41) is 3.79. The van der Waals surface area contributed by atoms with Gasteiger partial charge in [0.15, 0.2) is 0 Å². The van der Waals surface area contributed by atoms with Gasteiger partial charge in [-0.05, 0) is 12.0 Å². The van der Waals surface area contributed by atoms with E-state index in [0.29, 0.717) is 5.92 Å². The van der Waals surface area contributed by atoms with Crippen molar-refractivity contribution < 1.29 is 0 Å². The van der Waals surface area contributed by atoms with Crippen LogP contribution in [0.4, 0.5) is 0 Å². The summed E-state index contributed by atoms with van der Waals surface area (Å²) in [5.41, 5.74) is 4.25. The van der Waals surface area contributed by atoms with Crippen molar-refractivity contribution in [3.05, 3.63) is 35.9 Å². The molecule has 0 bridgehead atoms. The van der Waals surface area contributed by atoms with E-state index < -0.39 is 0 Å². The van der Waals surface area contributed by atoms with Crippen molar-refractivity contribution >= 4 is 6.21 Å². The van der Waals surface area contributed by atoms with Crippen LogP contribution in [0.15, 0.2) is 35.4 Å². The first kappa shape index (κ1) is 19.0. The summed E-state index contributed by atoms with van der Waals surface area (Å²) >= 11 is 0. The molecule has 2 nitrogen and oxygen atoms in total. The van der Waals surface area contributed by atoms with Crippen LogP contribution < -0.4 is 5.43 Å². The lowest BCUT2D eigenvalue weighted by Crippen LogP contribution is -2.05. The minimum atomic E-state index is 0.644. The second-order valence-corrected chi connectivity index (χ2v) is 3.46. The number of hydrazone groups is 1. The molecule has 0 amide bonds. The van der Waals surface area contributed by atoms with Gasteiger partial charge in [0.1, 0.15) is 0 Å². The molecular formula is C16H30N2. The Morgan fingerprint density at radius 1 is 1.11 bits per heavy atom. The van der Waals surface area contributed by atoms with Crippen LogP contribution in [-0.4, -0.2) is 12.8 Å². The second kappa shape index (κ2) is 15.7. The summed E-state index contributed by atoms with van der Waals surface area (Å²) in [6.45, 7) is 13.3. The van der Waals surface area contributed by atoms with Gasteiger partial charge in [0, 0.05) is 18.7 Å². The molecule has 1 aromatic rings. The molecule has 1 unspecified atom stereocenters. The maximum absolute atomic E-state index is 3.79. The number of hydrogen-bond acceptors (Lipinski definition) is 2. The molecule has 0 aliphatic carbocycles. The molecule has 1 aliphatic heterocycles. The highest BCUT2D eigenvalue weighted by Gasteiger charge is 1.99. The number of benzene rings is 1. The first-order valence-corrected chi connectivity index (χ1v) is 7.13. The van der Waals surface area contributed by atoms with E-state index in [0.717, 1.165) is 13.0 Å². The van der Waals surface area contributed by atoms with Crippen molar-refractivity contribution in [2.24, 2.45) is 11.0 Å². The van der Waals surface area contributed by atoms with E-state index in [-0.39, 0.29) is 0 Å².